The highest BCUT2D eigenvalue weighted by atomic mass is 35.5. The molecule has 0 aliphatic carbocycles. The third-order valence-electron chi connectivity index (χ3n) is 7.43. The summed E-state index contributed by atoms with van der Waals surface area (Å²) < 4.78 is 4.84. The van der Waals surface area contributed by atoms with Crippen molar-refractivity contribution in [2.24, 2.45) is 0 Å². The van der Waals surface area contributed by atoms with E-state index in [1.54, 1.807) is 0 Å². The summed E-state index contributed by atoms with van der Waals surface area (Å²) in [5.74, 6) is -1.88. The Morgan fingerprint density at radius 3 is 2.05 bits per heavy atom. The van der Waals surface area contributed by atoms with E-state index >= 15 is 0 Å². The Balaban J connectivity index is 1.84. The third-order valence-corrected chi connectivity index (χ3v) is 7.62. The molecule has 0 fully saturated rings. The summed E-state index contributed by atoms with van der Waals surface area (Å²) in [6, 6.07) is 9.72. The molecule has 43 heavy (non-hydrogen) atoms. The van der Waals surface area contributed by atoms with Gasteiger partial charge in [-0.05, 0) is 79.3 Å². The Hall–Kier alpha value is -3.63. The van der Waals surface area contributed by atoms with Gasteiger partial charge in [0.1, 0.15) is 18.1 Å². The van der Waals surface area contributed by atoms with Crippen LogP contribution < -0.4 is 20.8 Å². The topological polar surface area (TPSA) is 141 Å². The van der Waals surface area contributed by atoms with Gasteiger partial charge in [-0.25, -0.2) is 9.63 Å². The number of carbonyl (C=O) groups is 4. The number of aryl methyl sites for hydroxylation is 1. The van der Waals surface area contributed by atoms with Crippen molar-refractivity contribution in [1.82, 2.24) is 25.8 Å². The minimum absolute atomic E-state index is 0.230. The lowest BCUT2D eigenvalue weighted by Crippen LogP contribution is -2.56. The van der Waals surface area contributed by atoms with E-state index in [-0.39, 0.29) is 12.3 Å². The molecule has 3 rings (SSSR count). The first kappa shape index (κ1) is 33.9. The molecule has 11 heteroatoms. The lowest BCUT2D eigenvalue weighted by atomic mass is 10.0. The lowest BCUT2D eigenvalue weighted by Gasteiger charge is -2.25. The van der Waals surface area contributed by atoms with Gasteiger partial charge in [-0.3, -0.25) is 14.4 Å². The van der Waals surface area contributed by atoms with Gasteiger partial charge in [0.25, 0.3) is 0 Å². The number of aromatic nitrogens is 1. The number of hydrogen-bond acceptors (Lipinski definition) is 6. The van der Waals surface area contributed by atoms with E-state index in [1.807, 2.05) is 25.1 Å². The van der Waals surface area contributed by atoms with Crippen LogP contribution in [0.25, 0.3) is 21.8 Å². The SMILES string of the molecule is CCCc1ccc2[nH]c3ccc(CC(NC(C)=O)C(=O)N[C@H](CCCCNCl)C(=O)N[C@@H](CCC)C(=O)OC)cc3c2c1. The molecule has 1 unspecified atom stereocenters. The highest BCUT2D eigenvalue weighted by Gasteiger charge is 2.29. The van der Waals surface area contributed by atoms with Gasteiger partial charge in [0.2, 0.25) is 17.7 Å². The molecule has 0 saturated heterocycles. The van der Waals surface area contributed by atoms with E-state index in [0.29, 0.717) is 38.6 Å². The van der Waals surface area contributed by atoms with Crippen LogP contribution in [0.15, 0.2) is 36.4 Å². The van der Waals surface area contributed by atoms with Gasteiger partial charge >= 0.3 is 5.97 Å². The first-order valence-corrected chi connectivity index (χ1v) is 15.4. The van der Waals surface area contributed by atoms with Crippen LogP contribution in [0.1, 0.15) is 70.4 Å². The van der Waals surface area contributed by atoms with Gasteiger partial charge in [-0.1, -0.05) is 38.8 Å². The van der Waals surface area contributed by atoms with Crippen LogP contribution in [-0.2, 0) is 36.8 Å². The van der Waals surface area contributed by atoms with Gasteiger partial charge < -0.3 is 25.7 Å². The summed E-state index contributed by atoms with van der Waals surface area (Å²) in [6.07, 6.45) is 4.93. The molecule has 1 aromatic heterocycles. The van der Waals surface area contributed by atoms with Crippen molar-refractivity contribution >= 4 is 57.3 Å². The molecule has 3 amide bonds. The van der Waals surface area contributed by atoms with E-state index in [1.165, 1.54) is 19.6 Å². The second-order valence-electron chi connectivity index (χ2n) is 10.9. The summed E-state index contributed by atoms with van der Waals surface area (Å²) in [5, 5.41) is 10.5. The number of H-pyrrole nitrogens is 1. The number of carbonyl (C=O) groups excluding carboxylic acids is 4. The Bertz CT molecular complexity index is 1410. The summed E-state index contributed by atoms with van der Waals surface area (Å²) in [4.78, 5) is 57.3. The fourth-order valence-corrected chi connectivity index (χ4v) is 5.42. The van der Waals surface area contributed by atoms with Crippen LogP contribution >= 0.6 is 11.8 Å². The van der Waals surface area contributed by atoms with E-state index in [4.69, 9.17) is 16.5 Å². The molecule has 3 atom stereocenters. The maximum atomic E-state index is 13.6. The predicted octanol–water partition coefficient (Wildman–Crippen LogP) is 4.18. The van der Waals surface area contributed by atoms with Crippen molar-refractivity contribution in [3.8, 4) is 0 Å². The van der Waals surface area contributed by atoms with E-state index in [9.17, 15) is 19.2 Å². The molecule has 0 aliphatic heterocycles. The number of rotatable bonds is 17. The zero-order chi connectivity index (χ0) is 31.4. The van der Waals surface area contributed by atoms with Gasteiger partial charge in [0, 0.05) is 41.7 Å². The molecule has 10 nitrogen and oxygen atoms in total. The number of nitrogens with one attached hydrogen (secondary N) is 5. The third kappa shape index (κ3) is 9.69. The Morgan fingerprint density at radius 2 is 1.44 bits per heavy atom. The number of hydrogen-bond donors (Lipinski definition) is 5. The van der Waals surface area contributed by atoms with Gasteiger partial charge in [-0.15, -0.1) is 0 Å². The molecule has 0 aliphatic rings. The van der Waals surface area contributed by atoms with Gasteiger partial charge in [0.15, 0.2) is 0 Å². The average molecular weight is 614 g/mol. The second kappa shape index (κ2) is 16.9. The van der Waals surface area contributed by atoms with Crippen molar-refractivity contribution in [2.45, 2.75) is 90.3 Å². The number of ether oxygens (including phenoxy) is 1. The number of benzene rings is 2. The fourth-order valence-electron chi connectivity index (χ4n) is 5.29. The highest BCUT2D eigenvalue weighted by molar-refractivity contribution is 6.13. The van der Waals surface area contributed by atoms with Crippen LogP contribution in [0.4, 0.5) is 0 Å². The highest BCUT2D eigenvalue weighted by Crippen LogP contribution is 2.28. The Kier molecular flexibility index (Phi) is 13.3. The van der Waals surface area contributed by atoms with Crippen molar-refractivity contribution in [3.63, 3.8) is 0 Å². The maximum absolute atomic E-state index is 13.6. The van der Waals surface area contributed by atoms with Crippen LogP contribution in [0.5, 0.6) is 0 Å². The summed E-state index contributed by atoms with van der Waals surface area (Å²) >= 11 is 5.58. The first-order chi connectivity index (χ1) is 20.7. The summed E-state index contributed by atoms with van der Waals surface area (Å²) in [5.41, 5.74) is 4.15. The summed E-state index contributed by atoms with van der Waals surface area (Å²) in [6.45, 7) is 5.94. The van der Waals surface area contributed by atoms with Crippen molar-refractivity contribution in [3.05, 3.63) is 47.5 Å². The minimum Gasteiger partial charge on any atom is -0.467 e. The minimum atomic E-state index is -0.920. The van der Waals surface area contributed by atoms with Crippen LogP contribution in [0.3, 0.4) is 0 Å². The smallest absolute Gasteiger partial charge is 0.328 e. The molecule has 3 aromatic rings. The van der Waals surface area contributed by atoms with Gasteiger partial charge in [-0.2, -0.15) is 0 Å². The van der Waals surface area contributed by atoms with Crippen LogP contribution in [-0.4, -0.2) is 60.5 Å². The number of halogens is 1. The molecule has 0 spiro atoms. The van der Waals surface area contributed by atoms with Crippen molar-refractivity contribution in [2.75, 3.05) is 13.7 Å². The molecule has 0 radical (unpaired) electrons. The Morgan fingerprint density at radius 1 is 0.814 bits per heavy atom. The number of aromatic amines is 1. The molecule has 0 bridgehead atoms. The normalized spacial score (nSPS) is 13.3. The van der Waals surface area contributed by atoms with E-state index < -0.39 is 35.9 Å². The maximum Gasteiger partial charge on any atom is 0.328 e. The van der Waals surface area contributed by atoms with Crippen molar-refractivity contribution in [1.29, 1.82) is 0 Å². The zero-order valence-electron chi connectivity index (χ0n) is 25.5. The number of methoxy groups -OCH3 is 1. The molecular weight excluding hydrogens is 570 g/mol. The molecule has 1 heterocycles. The average Bonchev–Trinajstić information content (AvgIpc) is 3.34. The zero-order valence-corrected chi connectivity index (χ0v) is 26.2. The standard InChI is InChI=1S/C32H44ClN5O5/c1-5-9-21-12-14-25-23(17-21)24-18-22(13-15-26(24)36-25)19-29(35-20(3)39)31(41)37-27(11-7-8-16-34-33)30(40)38-28(10-6-2)32(42)43-4/h12-15,17-18,27-29,34,36H,5-11,16,19H2,1-4H3,(H,35,39)(H,37,41)(H,38,40)/t27-,28+,29?/m1/s1. The molecule has 0 saturated carbocycles. The fraction of sp³-hybridized carbons (Fsp3) is 0.500. The van der Waals surface area contributed by atoms with Crippen LogP contribution in [0.2, 0.25) is 0 Å². The number of esters is 1. The number of amides is 3. The largest absolute Gasteiger partial charge is 0.467 e. The molecular formula is C32H44ClN5O5. The predicted molar refractivity (Wildman–Crippen MR) is 170 cm³/mol. The lowest BCUT2D eigenvalue weighted by molar-refractivity contribution is -0.145. The van der Waals surface area contributed by atoms with E-state index in [0.717, 1.165) is 40.2 Å². The monoisotopic (exact) mass is 613 g/mol. The molecule has 2 aromatic carbocycles. The van der Waals surface area contributed by atoms with Gasteiger partial charge in [0.05, 0.1) is 7.11 Å². The summed E-state index contributed by atoms with van der Waals surface area (Å²) in [7, 11) is 1.27. The van der Waals surface area contributed by atoms with Crippen molar-refractivity contribution < 1.29 is 23.9 Å². The quantitative estimate of drug-likeness (QED) is 0.0879. The van der Waals surface area contributed by atoms with Crippen LogP contribution in [0, 0.1) is 0 Å². The van der Waals surface area contributed by atoms with E-state index in [2.05, 4.69) is 50.9 Å². The second-order valence-corrected chi connectivity index (χ2v) is 11.2. The molecule has 234 valence electrons. The molecule has 5 N–H and O–H groups in total. The Labute approximate surface area is 258 Å². The number of fused-ring (bicyclic) bond motifs is 3. The number of unbranched alkanes of at least 4 members (excludes halogenated alkanes) is 1. The first-order valence-electron chi connectivity index (χ1n) is 15.0.